The first-order valence-electron chi connectivity index (χ1n) is 10.9. The van der Waals surface area contributed by atoms with Gasteiger partial charge in [-0.25, -0.2) is 4.68 Å². The molecule has 1 aromatic heterocycles. The minimum Gasteiger partial charge on any atom is -0.497 e. The highest BCUT2D eigenvalue weighted by molar-refractivity contribution is 7.98. The van der Waals surface area contributed by atoms with Crippen molar-refractivity contribution in [2.75, 3.05) is 12.4 Å². The summed E-state index contributed by atoms with van der Waals surface area (Å²) in [5.41, 5.74) is 2.91. The van der Waals surface area contributed by atoms with Crippen LogP contribution in [0.5, 0.6) is 5.75 Å². The molecular formula is C27H21ClN4O3S. The van der Waals surface area contributed by atoms with Gasteiger partial charge in [0.25, 0.3) is 5.56 Å². The highest BCUT2D eigenvalue weighted by Crippen LogP contribution is 2.28. The second kappa shape index (κ2) is 11.6. The van der Waals surface area contributed by atoms with Gasteiger partial charge in [0.1, 0.15) is 12.3 Å². The lowest BCUT2D eigenvalue weighted by molar-refractivity contribution is -0.117. The van der Waals surface area contributed by atoms with Crippen molar-refractivity contribution in [2.24, 2.45) is 0 Å². The van der Waals surface area contributed by atoms with E-state index in [2.05, 4.69) is 16.5 Å². The fourth-order valence-corrected chi connectivity index (χ4v) is 4.45. The quantitative estimate of drug-likeness (QED) is 0.316. The molecule has 0 spiro atoms. The zero-order chi connectivity index (χ0) is 25.5. The Balaban J connectivity index is 1.46. The molecule has 0 atom stereocenters. The first kappa shape index (κ1) is 25.0. The van der Waals surface area contributed by atoms with Gasteiger partial charge in [0.15, 0.2) is 0 Å². The van der Waals surface area contributed by atoms with Crippen molar-refractivity contribution >= 4 is 35.0 Å². The third kappa shape index (κ3) is 6.54. The van der Waals surface area contributed by atoms with E-state index in [1.165, 1.54) is 6.07 Å². The molecule has 0 aliphatic carbocycles. The number of aromatic nitrogens is 2. The number of methoxy groups -OCH3 is 1. The molecule has 0 unspecified atom stereocenters. The van der Waals surface area contributed by atoms with E-state index in [0.717, 1.165) is 26.5 Å². The average Bonchev–Trinajstić information content (AvgIpc) is 2.89. The molecule has 0 radical (unpaired) electrons. The second-order valence-electron chi connectivity index (χ2n) is 7.76. The summed E-state index contributed by atoms with van der Waals surface area (Å²) in [5, 5.41) is 17.1. The maximum atomic E-state index is 12.7. The number of nitriles is 1. The number of ether oxygens (including phenoxy) is 1. The molecule has 4 aromatic rings. The van der Waals surface area contributed by atoms with Crippen molar-refractivity contribution in [3.05, 3.63) is 105 Å². The van der Waals surface area contributed by atoms with Gasteiger partial charge in [0, 0.05) is 33.0 Å². The van der Waals surface area contributed by atoms with Gasteiger partial charge in [-0.3, -0.25) is 9.59 Å². The van der Waals surface area contributed by atoms with Gasteiger partial charge < -0.3 is 10.1 Å². The Morgan fingerprint density at radius 2 is 1.83 bits per heavy atom. The average molecular weight is 517 g/mol. The fourth-order valence-electron chi connectivity index (χ4n) is 3.38. The Labute approximate surface area is 217 Å². The van der Waals surface area contributed by atoms with Crippen LogP contribution < -0.4 is 15.6 Å². The van der Waals surface area contributed by atoms with Crippen LogP contribution in [0.2, 0.25) is 5.02 Å². The van der Waals surface area contributed by atoms with Crippen LogP contribution in [-0.2, 0) is 17.1 Å². The number of halogens is 1. The molecule has 9 heteroatoms. The number of nitrogens with one attached hydrogen (secondary N) is 1. The number of nitrogens with zero attached hydrogens (tertiary/aromatic N) is 3. The minimum absolute atomic E-state index is 0.272. The molecule has 1 N–H and O–H groups in total. The lowest BCUT2D eigenvalue weighted by Crippen LogP contribution is -2.29. The van der Waals surface area contributed by atoms with E-state index in [1.807, 2.05) is 24.3 Å². The Morgan fingerprint density at radius 3 is 2.53 bits per heavy atom. The summed E-state index contributed by atoms with van der Waals surface area (Å²) in [6.45, 7) is -0.272. The first-order chi connectivity index (χ1) is 17.4. The number of carbonyl (C=O) groups excluding carboxylic acids is 1. The van der Waals surface area contributed by atoms with E-state index >= 15 is 0 Å². The van der Waals surface area contributed by atoms with Crippen LogP contribution in [0.4, 0.5) is 5.69 Å². The van der Waals surface area contributed by atoms with E-state index < -0.39 is 11.5 Å². The van der Waals surface area contributed by atoms with Crippen molar-refractivity contribution in [3.8, 4) is 23.1 Å². The largest absolute Gasteiger partial charge is 0.497 e. The number of hydrogen-bond donors (Lipinski definition) is 1. The monoisotopic (exact) mass is 516 g/mol. The maximum absolute atomic E-state index is 12.7. The topological polar surface area (TPSA) is 97.0 Å². The van der Waals surface area contributed by atoms with Crippen LogP contribution in [0, 0.1) is 11.3 Å². The van der Waals surface area contributed by atoms with Gasteiger partial charge in [-0.05, 0) is 54.1 Å². The van der Waals surface area contributed by atoms with E-state index in [-0.39, 0.29) is 6.54 Å². The standard InChI is InChI=1S/C27H21ClN4O3S/c1-35-23-8-2-18(3-9-23)17-36-24-13-19(15-29)12-22(14-24)30-26(33)16-32-27(34)11-10-25(31-32)20-4-6-21(28)7-5-20/h2-14H,16-17H2,1H3,(H,30,33). The van der Waals surface area contributed by atoms with Crippen molar-refractivity contribution in [2.45, 2.75) is 17.2 Å². The fraction of sp³-hybridized carbons (Fsp3) is 0.111. The summed E-state index contributed by atoms with van der Waals surface area (Å²) in [5.74, 6) is 1.04. The summed E-state index contributed by atoms with van der Waals surface area (Å²) in [6, 6.07) is 25.0. The predicted molar refractivity (Wildman–Crippen MR) is 141 cm³/mol. The van der Waals surface area contributed by atoms with Crippen LogP contribution >= 0.6 is 23.4 Å². The summed E-state index contributed by atoms with van der Waals surface area (Å²) in [4.78, 5) is 25.9. The first-order valence-corrected chi connectivity index (χ1v) is 12.2. The molecular weight excluding hydrogens is 496 g/mol. The smallest absolute Gasteiger partial charge is 0.267 e. The third-order valence-corrected chi connectivity index (χ3v) is 6.48. The Kier molecular flexibility index (Phi) is 8.06. The van der Waals surface area contributed by atoms with Gasteiger partial charge >= 0.3 is 0 Å². The number of anilines is 1. The molecule has 3 aromatic carbocycles. The normalized spacial score (nSPS) is 10.5. The van der Waals surface area contributed by atoms with Crippen LogP contribution in [0.15, 0.2) is 88.6 Å². The summed E-state index contributed by atoms with van der Waals surface area (Å²) < 4.78 is 6.29. The molecule has 4 rings (SSSR count). The zero-order valence-electron chi connectivity index (χ0n) is 19.3. The third-order valence-electron chi connectivity index (χ3n) is 5.18. The van der Waals surface area contributed by atoms with E-state index in [1.54, 1.807) is 67.4 Å². The van der Waals surface area contributed by atoms with Crippen molar-refractivity contribution < 1.29 is 9.53 Å². The molecule has 0 saturated carbocycles. The van der Waals surface area contributed by atoms with Gasteiger partial charge in [0.2, 0.25) is 5.91 Å². The minimum atomic E-state index is -0.431. The van der Waals surface area contributed by atoms with Crippen LogP contribution in [0.3, 0.4) is 0 Å². The van der Waals surface area contributed by atoms with Gasteiger partial charge in [-0.2, -0.15) is 10.4 Å². The number of rotatable bonds is 8. The number of thioether (sulfide) groups is 1. The molecule has 36 heavy (non-hydrogen) atoms. The summed E-state index contributed by atoms with van der Waals surface area (Å²) in [6.07, 6.45) is 0. The van der Waals surface area contributed by atoms with Gasteiger partial charge in [0.05, 0.1) is 24.4 Å². The predicted octanol–water partition coefficient (Wildman–Crippen LogP) is 5.37. The van der Waals surface area contributed by atoms with Crippen LogP contribution in [-0.4, -0.2) is 22.8 Å². The number of amides is 1. The van der Waals surface area contributed by atoms with Gasteiger partial charge in [-0.15, -0.1) is 11.8 Å². The number of hydrogen-bond acceptors (Lipinski definition) is 6. The molecule has 0 bridgehead atoms. The number of benzene rings is 3. The van der Waals surface area contributed by atoms with E-state index in [9.17, 15) is 14.9 Å². The molecule has 7 nitrogen and oxygen atoms in total. The summed E-state index contributed by atoms with van der Waals surface area (Å²) in [7, 11) is 1.62. The highest BCUT2D eigenvalue weighted by atomic mass is 35.5. The molecule has 0 fully saturated rings. The van der Waals surface area contributed by atoms with E-state index in [0.29, 0.717) is 27.7 Å². The van der Waals surface area contributed by atoms with Gasteiger partial charge in [-0.1, -0.05) is 35.9 Å². The Morgan fingerprint density at radius 1 is 1.08 bits per heavy atom. The maximum Gasteiger partial charge on any atom is 0.267 e. The molecule has 0 aliphatic rings. The molecule has 0 aliphatic heterocycles. The molecule has 1 amide bonds. The van der Waals surface area contributed by atoms with Crippen molar-refractivity contribution in [1.29, 1.82) is 5.26 Å². The molecule has 0 saturated heterocycles. The van der Waals surface area contributed by atoms with Crippen molar-refractivity contribution in [3.63, 3.8) is 0 Å². The second-order valence-corrected chi connectivity index (χ2v) is 9.25. The molecule has 180 valence electrons. The zero-order valence-corrected chi connectivity index (χ0v) is 20.8. The van der Waals surface area contributed by atoms with Crippen LogP contribution in [0.25, 0.3) is 11.3 Å². The van der Waals surface area contributed by atoms with E-state index in [4.69, 9.17) is 16.3 Å². The van der Waals surface area contributed by atoms with Crippen LogP contribution in [0.1, 0.15) is 11.1 Å². The lowest BCUT2D eigenvalue weighted by atomic mass is 10.1. The Bertz CT molecular complexity index is 1480. The SMILES string of the molecule is COc1ccc(CSc2cc(C#N)cc(NC(=O)Cn3nc(-c4ccc(Cl)cc4)ccc3=O)c2)cc1. The van der Waals surface area contributed by atoms with Crippen molar-refractivity contribution in [1.82, 2.24) is 9.78 Å². The summed E-state index contributed by atoms with van der Waals surface area (Å²) >= 11 is 7.49. The lowest BCUT2D eigenvalue weighted by Gasteiger charge is -2.10. The Hall–Kier alpha value is -4.06. The highest BCUT2D eigenvalue weighted by Gasteiger charge is 2.11. The molecule has 1 heterocycles. The number of carbonyl (C=O) groups is 1.